The van der Waals surface area contributed by atoms with Crippen LogP contribution in [0.5, 0.6) is 0 Å². The van der Waals surface area contributed by atoms with Crippen LogP contribution in [-0.2, 0) is 19.6 Å². The van der Waals surface area contributed by atoms with Crippen LogP contribution >= 0.6 is 0 Å². The van der Waals surface area contributed by atoms with Crippen molar-refractivity contribution in [1.82, 2.24) is 0 Å². The van der Waals surface area contributed by atoms with Crippen LogP contribution in [0.15, 0.2) is 0 Å². The fourth-order valence-electron chi connectivity index (χ4n) is 0.602. The predicted molar refractivity (Wildman–Crippen MR) is 41.3 cm³/mol. The van der Waals surface area contributed by atoms with Crippen LogP contribution in [0.4, 0.5) is 22.0 Å². The van der Waals surface area contributed by atoms with Gasteiger partial charge < -0.3 is 4.74 Å². The highest BCUT2D eigenvalue weighted by molar-refractivity contribution is 7.86. The number of hydrogen-bond donors (Lipinski definition) is 1. The van der Waals surface area contributed by atoms with Crippen LogP contribution in [0.3, 0.4) is 0 Å². The van der Waals surface area contributed by atoms with Crippen LogP contribution in [0.1, 0.15) is 0 Å². The molecule has 1 N–H and O–H groups in total. The van der Waals surface area contributed by atoms with E-state index in [4.69, 9.17) is 4.55 Å². The Hall–Kier alpha value is -1.41. The Bertz CT molecular complexity index is 444. The minimum atomic E-state index is -6.44. The molecule has 0 aromatic heterocycles. The molecule has 0 amide bonds. The summed E-state index contributed by atoms with van der Waals surface area (Å²) in [6.07, 6.45) is -6.07. The molecule has 0 saturated carbocycles. The molecule has 0 heterocycles. The first-order valence-corrected chi connectivity index (χ1v) is 4.86. The standard InChI is InChI=1S/C6H3F5O5S/c1-2-3(12)16-4(5(7,8)9)6(10,11)17(13,14)15/h1,4H,(H,13,14,15). The quantitative estimate of drug-likeness (QED) is 0.269. The zero-order valence-electron chi connectivity index (χ0n) is 7.53. The molecule has 17 heavy (non-hydrogen) atoms. The van der Waals surface area contributed by atoms with Gasteiger partial charge in [0.2, 0.25) is 0 Å². The Balaban J connectivity index is 5.53. The molecular weight excluding hydrogens is 279 g/mol. The zero-order chi connectivity index (χ0) is 14.1. The van der Waals surface area contributed by atoms with Gasteiger partial charge in [0, 0.05) is 5.92 Å². The van der Waals surface area contributed by atoms with Crippen molar-refractivity contribution in [2.75, 3.05) is 0 Å². The molecule has 0 aliphatic carbocycles. The fourth-order valence-corrected chi connectivity index (χ4v) is 1.05. The average molecular weight is 282 g/mol. The van der Waals surface area contributed by atoms with E-state index >= 15 is 0 Å². The molecule has 1 atom stereocenters. The first-order valence-electron chi connectivity index (χ1n) is 3.42. The summed E-state index contributed by atoms with van der Waals surface area (Å²) in [5.41, 5.74) is 0. The maximum Gasteiger partial charge on any atom is 0.432 e. The van der Waals surface area contributed by atoms with Crippen molar-refractivity contribution in [3.05, 3.63) is 0 Å². The van der Waals surface area contributed by atoms with E-state index in [1.54, 1.807) is 0 Å². The molecular formula is C6H3F5O5S. The van der Waals surface area contributed by atoms with Crippen molar-refractivity contribution in [2.45, 2.75) is 17.5 Å². The SMILES string of the molecule is C#CC(=O)OC(C(F)(F)F)C(F)(F)S(=O)(=O)O. The number of halogens is 5. The molecule has 0 fully saturated rings. The van der Waals surface area contributed by atoms with E-state index in [2.05, 4.69) is 11.2 Å². The number of terminal acetylenes is 1. The summed E-state index contributed by atoms with van der Waals surface area (Å²) in [6.45, 7) is 0. The van der Waals surface area contributed by atoms with Gasteiger partial charge in [-0.15, -0.1) is 6.42 Å². The highest BCUT2D eigenvalue weighted by Crippen LogP contribution is 2.37. The monoisotopic (exact) mass is 282 g/mol. The molecule has 0 aromatic carbocycles. The smallest absolute Gasteiger partial charge is 0.432 e. The van der Waals surface area contributed by atoms with Gasteiger partial charge in [0.1, 0.15) is 0 Å². The average Bonchev–Trinajstić information content (AvgIpc) is 2.09. The zero-order valence-corrected chi connectivity index (χ0v) is 8.35. The topological polar surface area (TPSA) is 80.7 Å². The van der Waals surface area contributed by atoms with Crippen molar-refractivity contribution in [3.63, 3.8) is 0 Å². The summed E-state index contributed by atoms with van der Waals surface area (Å²) in [5.74, 6) is -1.24. The highest BCUT2D eigenvalue weighted by Gasteiger charge is 2.66. The van der Waals surface area contributed by atoms with Crippen LogP contribution < -0.4 is 0 Å². The Labute approximate surface area is 91.3 Å². The number of hydrogen-bond acceptors (Lipinski definition) is 4. The third-order valence-electron chi connectivity index (χ3n) is 1.29. The molecule has 0 aliphatic rings. The summed E-state index contributed by atoms with van der Waals surface area (Å²) < 4.78 is 92.6. The lowest BCUT2D eigenvalue weighted by Gasteiger charge is -2.25. The lowest BCUT2D eigenvalue weighted by molar-refractivity contribution is -0.256. The van der Waals surface area contributed by atoms with Crippen LogP contribution in [0, 0.1) is 12.3 Å². The molecule has 0 radical (unpaired) electrons. The third kappa shape index (κ3) is 3.53. The van der Waals surface area contributed by atoms with E-state index in [-0.39, 0.29) is 0 Å². The normalized spacial score (nSPS) is 14.9. The Kier molecular flexibility index (Phi) is 4.09. The predicted octanol–water partition coefficient (Wildman–Crippen LogP) is 0.574. The highest BCUT2D eigenvalue weighted by atomic mass is 32.2. The molecule has 0 saturated heterocycles. The maximum absolute atomic E-state index is 12.7. The summed E-state index contributed by atoms with van der Waals surface area (Å²) in [5, 5.41) is -5.77. The maximum atomic E-state index is 12.7. The van der Waals surface area contributed by atoms with Gasteiger partial charge in [0.25, 0.3) is 6.10 Å². The van der Waals surface area contributed by atoms with Gasteiger partial charge >= 0.3 is 27.5 Å². The molecule has 0 bridgehead atoms. The first-order chi connectivity index (χ1) is 7.34. The number of carbonyl (C=O) groups is 1. The van der Waals surface area contributed by atoms with Gasteiger partial charge in [-0.25, -0.2) is 4.79 Å². The van der Waals surface area contributed by atoms with E-state index in [0.717, 1.165) is 5.92 Å². The molecule has 0 spiro atoms. The van der Waals surface area contributed by atoms with Crippen molar-refractivity contribution in [1.29, 1.82) is 0 Å². The molecule has 11 heteroatoms. The molecule has 98 valence electrons. The number of ether oxygens (including phenoxy) is 1. The van der Waals surface area contributed by atoms with E-state index in [0.29, 0.717) is 0 Å². The summed E-state index contributed by atoms with van der Waals surface area (Å²) >= 11 is 0. The largest absolute Gasteiger partial charge is 0.435 e. The Morgan fingerprint density at radius 2 is 1.71 bits per heavy atom. The fraction of sp³-hybridized carbons (Fsp3) is 0.500. The lowest BCUT2D eigenvalue weighted by atomic mass is 10.3. The van der Waals surface area contributed by atoms with Crippen molar-refractivity contribution in [2.24, 2.45) is 0 Å². The third-order valence-corrected chi connectivity index (χ3v) is 2.19. The number of alkyl halides is 5. The minimum absolute atomic E-state index is 0.920. The Morgan fingerprint density at radius 1 is 1.29 bits per heavy atom. The summed E-state index contributed by atoms with van der Waals surface area (Å²) in [4.78, 5) is 10.3. The van der Waals surface area contributed by atoms with Crippen LogP contribution in [0.25, 0.3) is 0 Å². The lowest BCUT2D eigenvalue weighted by Crippen LogP contribution is -2.52. The summed E-state index contributed by atoms with van der Waals surface area (Å²) in [6, 6.07) is 0. The van der Waals surface area contributed by atoms with Gasteiger partial charge in [-0.1, -0.05) is 0 Å². The van der Waals surface area contributed by atoms with E-state index in [9.17, 15) is 35.2 Å². The number of esters is 1. The minimum Gasteiger partial charge on any atom is -0.435 e. The second-order valence-corrected chi connectivity index (χ2v) is 4.00. The van der Waals surface area contributed by atoms with Gasteiger partial charge in [-0.2, -0.15) is 30.4 Å². The van der Waals surface area contributed by atoms with Crippen LogP contribution in [-0.4, -0.2) is 36.5 Å². The van der Waals surface area contributed by atoms with Gasteiger partial charge in [-0.05, 0) is 0 Å². The van der Waals surface area contributed by atoms with Crippen molar-refractivity contribution >= 4 is 16.1 Å². The van der Waals surface area contributed by atoms with Crippen molar-refractivity contribution in [3.8, 4) is 12.3 Å². The first kappa shape index (κ1) is 15.6. The van der Waals surface area contributed by atoms with E-state index < -0.39 is 33.6 Å². The number of rotatable bonds is 3. The van der Waals surface area contributed by atoms with Gasteiger partial charge in [-0.3, -0.25) is 4.55 Å². The van der Waals surface area contributed by atoms with Gasteiger partial charge in [0.15, 0.2) is 0 Å². The number of carbonyl (C=O) groups excluding carboxylic acids is 1. The second-order valence-electron chi connectivity index (χ2n) is 2.51. The van der Waals surface area contributed by atoms with E-state index in [1.165, 1.54) is 0 Å². The second kappa shape index (κ2) is 4.46. The molecule has 1 unspecified atom stereocenters. The summed E-state index contributed by atoms with van der Waals surface area (Å²) in [7, 11) is -6.44. The molecule has 5 nitrogen and oxygen atoms in total. The van der Waals surface area contributed by atoms with Gasteiger partial charge in [0.05, 0.1) is 0 Å². The molecule has 0 rings (SSSR count). The van der Waals surface area contributed by atoms with Crippen LogP contribution in [0.2, 0.25) is 0 Å². The molecule has 0 aromatic rings. The van der Waals surface area contributed by atoms with Crippen molar-refractivity contribution < 1.29 is 44.5 Å². The molecule has 0 aliphatic heterocycles. The van der Waals surface area contributed by atoms with E-state index in [1.807, 2.05) is 0 Å². The Morgan fingerprint density at radius 3 is 1.94 bits per heavy atom.